The average molecular weight is 456 g/mol. The van der Waals surface area contributed by atoms with Crippen LogP contribution in [0.4, 0.5) is 11.4 Å². The summed E-state index contributed by atoms with van der Waals surface area (Å²) >= 11 is 0. The molecule has 6 rings (SSSR count). The number of rotatable bonds is 5. The van der Waals surface area contributed by atoms with Crippen molar-refractivity contribution < 1.29 is 19.2 Å². The number of carbonyl (C=O) groups excluding carboxylic acids is 2. The Labute approximate surface area is 196 Å². The quantitative estimate of drug-likeness (QED) is 0.211. The van der Waals surface area contributed by atoms with Crippen molar-refractivity contribution in [1.82, 2.24) is 0 Å². The molecule has 2 heterocycles. The van der Waals surface area contributed by atoms with E-state index in [1.807, 2.05) is 12.1 Å². The van der Waals surface area contributed by atoms with Crippen LogP contribution in [0.3, 0.4) is 0 Å². The monoisotopic (exact) mass is 456 g/mol. The number of non-ortho nitro benzene ring substituents is 1. The van der Waals surface area contributed by atoms with Crippen molar-refractivity contribution in [3.8, 4) is 0 Å². The lowest BCUT2D eigenvalue weighted by Crippen LogP contribution is -2.43. The Hall–Kier alpha value is -3.74. The van der Waals surface area contributed by atoms with Crippen molar-refractivity contribution in [1.29, 1.82) is 0 Å². The molecule has 34 heavy (non-hydrogen) atoms. The Bertz CT molecular complexity index is 1210. The third-order valence-corrected chi connectivity index (χ3v) is 7.66. The smallest absolute Gasteiger partial charge is 0.338 e. The fourth-order valence-electron chi connectivity index (χ4n) is 6.06. The van der Waals surface area contributed by atoms with E-state index < -0.39 is 23.3 Å². The van der Waals surface area contributed by atoms with Gasteiger partial charge in [-0.15, -0.1) is 0 Å². The number of hydrogen-bond acceptors (Lipinski definition) is 6. The lowest BCUT2D eigenvalue weighted by Gasteiger charge is -2.46. The van der Waals surface area contributed by atoms with E-state index >= 15 is 0 Å². The summed E-state index contributed by atoms with van der Waals surface area (Å²) in [4.78, 5) is 38.3. The highest BCUT2D eigenvalue weighted by molar-refractivity contribution is 5.99. The van der Waals surface area contributed by atoms with Crippen LogP contribution < -0.4 is 4.90 Å². The summed E-state index contributed by atoms with van der Waals surface area (Å²) in [6, 6.07) is 9.21. The van der Waals surface area contributed by atoms with Crippen LogP contribution in [0.15, 0.2) is 60.7 Å². The number of Topliss-reactive ketones (excluding diaryl/α,β-unsaturated/α-hetero) is 1. The summed E-state index contributed by atoms with van der Waals surface area (Å²) in [7, 11) is 0. The third-order valence-electron chi connectivity index (χ3n) is 7.66. The Kier molecular flexibility index (Phi) is 4.86. The molecule has 2 aliphatic heterocycles. The highest BCUT2D eigenvalue weighted by Gasteiger charge is 2.42. The van der Waals surface area contributed by atoms with Gasteiger partial charge in [-0.25, -0.2) is 4.79 Å². The first kappa shape index (κ1) is 20.8. The zero-order valence-corrected chi connectivity index (χ0v) is 18.6. The molecule has 7 heteroatoms. The van der Waals surface area contributed by atoms with Crippen LogP contribution in [0.2, 0.25) is 0 Å². The molecule has 0 N–H and O–H groups in total. The zero-order chi connectivity index (χ0) is 23.4. The summed E-state index contributed by atoms with van der Waals surface area (Å²) in [6.45, 7) is 1.69. The van der Waals surface area contributed by atoms with Crippen LogP contribution in [0.25, 0.3) is 0 Å². The normalized spacial score (nSPS) is 25.5. The number of anilines is 1. The molecule has 4 atom stereocenters. The van der Waals surface area contributed by atoms with Gasteiger partial charge in [0.1, 0.15) is 0 Å². The van der Waals surface area contributed by atoms with Gasteiger partial charge in [0.15, 0.2) is 12.4 Å². The number of nitro groups is 1. The second-order valence-corrected chi connectivity index (χ2v) is 9.61. The fraction of sp³-hybridized carbons (Fsp3) is 0.333. The number of fused-ring (bicyclic) bond motifs is 4. The van der Waals surface area contributed by atoms with Gasteiger partial charge in [-0.3, -0.25) is 14.9 Å². The number of benzene rings is 2. The first-order valence-electron chi connectivity index (χ1n) is 11.7. The number of carbonyl (C=O) groups is 2. The zero-order valence-electron chi connectivity index (χ0n) is 18.6. The first-order chi connectivity index (χ1) is 16.5. The van der Waals surface area contributed by atoms with Crippen molar-refractivity contribution in [3.63, 3.8) is 0 Å². The van der Waals surface area contributed by atoms with Crippen molar-refractivity contribution in [3.05, 3.63) is 93.1 Å². The summed E-state index contributed by atoms with van der Waals surface area (Å²) < 4.78 is 5.41. The molecular weight excluding hydrogens is 432 g/mol. The molecule has 0 spiro atoms. The molecule has 0 fully saturated rings. The van der Waals surface area contributed by atoms with Gasteiger partial charge in [0.2, 0.25) is 0 Å². The summed E-state index contributed by atoms with van der Waals surface area (Å²) in [5.41, 5.74) is 4.31. The maximum absolute atomic E-state index is 13.0. The van der Waals surface area contributed by atoms with Gasteiger partial charge in [-0.1, -0.05) is 24.3 Å². The number of ether oxygens (including phenoxy) is 1. The third kappa shape index (κ3) is 3.34. The van der Waals surface area contributed by atoms with Crippen LogP contribution in [-0.2, 0) is 4.74 Å². The second-order valence-electron chi connectivity index (χ2n) is 9.61. The van der Waals surface area contributed by atoms with Crippen molar-refractivity contribution >= 4 is 23.1 Å². The number of esters is 1. The number of nitrogens with zero attached hydrogens (tertiary/aromatic N) is 2. The lowest BCUT2D eigenvalue weighted by atomic mass is 9.74. The van der Waals surface area contributed by atoms with Crippen molar-refractivity contribution in [2.24, 2.45) is 11.8 Å². The summed E-state index contributed by atoms with van der Waals surface area (Å²) in [5.74, 6) is 0.755. The molecule has 172 valence electrons. The van der Waals surface area contributed by atoms with Crippen molar-refractivity contribution in [2.75, 3.05) is 24.6 Å². The highest BCUT2D eigenvalue weighted by Crippen LogP contribution is 2.53. The number of nitro benzene ring substituents is 1. The van der Waals surface area contributed by atoms with Crippen LogP contribution in [0.5, 0.6) is 0 Å². The highest BCUT2D eigenvalue weighted by atomic mass is 16.6. The van der Waals surface area contributed by atoms with Gasteiger partial charge in [0.25, 0.3) is 5.69 Å². The Morgan fingerprint density at radius 1 is 0.941 bits per heavy atom. The van der Waals surface area contributed by atoms with Gasteiger partial charge in [0.05, 0.1) is 10.5 Å². The molecule has 0 saturated carbocycles. The van der Waals surface area contributed by atoms with Gasteiger partial charge >= 0.3 is 5.97 Å². The molecule has 0 radical (unpaired) electrons. The minimum atomic E-state index is -0.522. The Morgan fingerprint density at radius 3 is 2.09 bits per heavy atom. The lowest BCUT2D eigenvalue weighted by molar-refractivity contribution is -0.384. The van der Waals surface area contributed by atoms with Crippen LogP contribution in [0.1, 0.15) is 56.5 Å². The maximum atomic E-state index is 13.0. The molecule has 0 saturated heterocycles. The average Bonchev–Trinajstić information content (AvgIpc) is 3.52. The molecule has 4 aliphatic rings. The van der Waals surface area contributed by atoms with Gasteiger partial charge in [-0.2, -0.15) is 0 Å². The van der Waals surface area contributed by atoms with E-state index in [1.54, 1.807) is 0 Å². The van der Waals surface area contributed by atoms with Gasteiger partial charge < -0.3 is 9.64 Å². The number of allylic oxidation sites excluding steroid dienone is 4. The van der Waals surface area contributed by atoms with Crippen LogP contribution in [0, 0.1) is 22.0 Å². The van der Waals surface area contributed by atoms with Crippen LogP contribution in [-0.4, -0.2) is 36.4 Å². The van der Waals surface area contributed by atoms with E-state index in [0.29, 0.717) is 29.2 Å². The van der Waals surface area contributed by atoms with E-state index in [4.69, 9.17) is 4.74 Å². The summed E-state index contributed by atoms with van der Waals surface area (Å²) in [5, 5.41) is 10.8. The molecule has 2 aromatic rings. The first-order valence-corrected chi connectivity index (χ1v) is 11.7. The predicted molar refractivity (Wildman–Crippen MR) is 126 cm³/mol. The molecule has 0 unspecified atom stereocenters. The predicted octanol–water partition coefficient (Wildman–Crippen LogP) is 4.79. The van der Waals surface area contributed by atoms with E-state index in [-0.39, 0.29) is 11.3 Å². The van der Waals surface area contributed by atoms with E-state index in [1.165, 1.54) is 41.1 Å². The Morgan fingerprint density at radius 2 is 1.53 bits per heavy atom. The minimum Gasteiger partial charge on any atom is -0.454 e. The molecule has 0 amide bonds. The summed E-state index contributed by atoms with van der Waals surface area (Å²) in [6.07, 6.45) is 11.1. The van der Waals surface area contributed by atoms with Crippen LogP contribution >= 0.6 is 0 Å². The number of ketones is 1. The van der Waals surface area contributed by atoms with E-state index in [9.17, 15) is 19.7 Å². The SMILES string of the molecule is O=C(COC(=O)c1cc2c3c(c1)[C@H]1C=CC[C@@H]1CN3C[C@H]1CC=C[C@H]21)c1ccc([N+](=O)[O-])cc1. The fourth-order valence-corrected chi connectivity index (χ4v) is 6.06. The molecule has 2 aromatic carbocycles. The standard InChI is InChI=1S/C27H24N2O5/c30-25(16-7-9-20(10-8-16)29(32)33)15-34-27(31)19-11-23-21-5-1-3-17(21)13-28-14-18-4-2-6-22(18)24(12-19)26(23)28/h1-2,5-12,17-18,21-22H,3-4,13-15H2/t17-,18-,21+,22+/m1/s1. The maximum Gasteiger partial charge on any atom is 0.338 e. The van der Waals surface area contributed by atoms with Gasteiger partial charge in [-0.05, 0) is 60.1 Å². The van der Waals surface area contributed by atoms with E-state index in [0.717, 1.165) is 25.9 Å². The second kappa shape index (κ2) is 7.94. The molecule has 0 bridgehead atoms. The minimum absolute atomic E-state index is 0.0934. The molecule has 0 aromatic heterocycles. The Balaban J connectivity index is 1.27. The molecule has 7 nitrogen and oxygen atoms in total. The molecular formula is C27H24N2O5. The van der Waals surface area contributed by atoms with Gasteiger partial charge in [0, 0.05) is 48.3 Å². The largest absolute Gasteiger partial charge is 0.454 e. The van der Waals surface area contributed by atoms with E-state index in [2.05, 4.69) is 29.2 Å². The number of hydrogen-bond donors (Lipinski definition) is 0. The molecule has 2 aliphatic carbocycles. The topological polar surface area (TPSA) is 89.8 Å². The van der Waals surface area contributed by atoms with Crippen molar-refractivity contribution in [2.45, 2.75) is 24.7 Å².